The Hall–Kier alpha value is -2.05. The maximum absolute atomic E-state index is 13.2. The van der Waals surface area contributed by atoms with E-state index in [-0.39, 0.29) is 18.6 Å². The average Bonchev–Trinajstić information content (AvgIpc) is 3.23. The van der Waals surface area contributed by atoms with Crippen LogP contribution in [0.1, 0.15) is 53.8 Å². The number of benzene rings is 1. The molecule has 1 amide bonds. The van der Waals surface area contributed by atoms with Crippen LogP contribution in [-0.4, -0.2) is 69.1 Å². The second kappa shape index (κ2) is 8.13. The summed E-state index contributed by atoms with van der Waals surface area (Å²) in [6.07, 6.45) is 5.82. The van der Waals surface area contributed by atoms with Crippen molar-refractivity contribution in [2.45, 2.75) is 58.0 Å². The lowest BCUT2D eigenvalue weighted by Gasteiger charge is -2.44. The fourth-order valence-corrected chi connectivity index (χ4v) is 4.72. The Labute approximate surface area is 166 Å². The minimum atomic E-state index is 0.0518. The van der Waals surface area contributed by atoms with Gasteiger partial charge in [0, 0.05) is 43.9 Å². The SMILES string of the molecule is Cc1nc2ccc(C(=O)N3CCN(C4CCCC4)[C@H](CCO)C3)cc2nc1C. The second-order valence-corrected chi connectivity index (χ2v) is 8.19. The predicted octanol–water partition coefficient (Wildman–Crippen LogP) is 2.70. The Morgan fingerprint density at radius 1 is 1.11 bits per heavy atom. The molecule has 2 aliphatic rings. The molecule has 28 heavy (non-hydrogen) atoms. The summed E-state index contributed by atoms with van der Waals surface area (Å²) >= 11 is 0. The fraction of sp³-hybridized carbons (Fsp3) is 0.591. The first kappa shape index (κ1) is 19.3. The third-order valence-electron chi connectivity index (χ3n) is 6.39. The zero-order valence-electron chi connectivity index (χ0n) is 16.9. The lowest BCUT2D eigenvalue weighted by atomic mass is 10.0. The molecule has 0 spiro atoms. The molecule has 1 aliphatic heterocycles. The highest BCUT2D eigenvalue weighted by Gasteiger charge is 2.34. The molecule has 1 atom stereocenters. The highest BCUT2D eigenvalue weighted by Crippen LogP contribution is 2.28. The van der Waals surface area contributed by atoms with Crippen molar-refractivity contribution in [3.8, 4) is 0 Å². The summed E-state index contributed by atoms with van der Waals surface area (Å²) in [6.45, 7) is 6.39. The van der Waals surface area contributed by atoms with Gasteiger partial charge in [-0.15, -0.1) is 0 Å². The van der Waals surface area contributed by atoms with Crippen molar-refractivity contribution in [3.05, 3.63) is 35.2 Å². The van der Waals surface area contributed by atoms with Crippen LogP contribution in [0.4, 0.5) is 0 Å². The molecule has 2 heterocycles. The molecule has 0 unspecified atom stereocenters. The lowest BCUT2D eigenvalue weighted by Crippen LogP contribution is -2.57. The lowest BCUT2D eigenvalue weighted by molar-refractivity contribution is 0.0255. The number of carbonyl (C=O) groups excluding carboxylic acids is 1. The van der Waals surface area contributed by atoms with Crippen LogP contribution in [0, 0.1) is 13.8 Å². The van der Waals surface area contributed by atoms with Gasteiger partial charge in [0.2, 0.25) is 0 Å². The van der Waals surface area contributed by atoms with Crippen LogP contribution >= 0.6 is 0 Å². The van der Waals surface area contributed by atoms with Crippen molar-refractivity contribution in [2.75, 3.05) is 26.2 Å². The third-order valence-corrected chi connectivity index (χ3v) is 6.39. The smallest absolute Gasteiger partial charge is 0.254 e. The van der Waals surface area contributed by atoms with Crippen LogP contribution in [0.15, 0.2) is 18.2 Å². The minimum absolute atomic E-state index is 0.0518. The van der Waals surface area contributed by atoms with E-state index in [1.54, 1.807) is 0 Å². The molecule has 6 nitrogen and oxygen atoms in total. The Kier molecular flexibility index (Phi) is 5.60. The van der Waals surface area contributed by atoms with Gasteiger partial charge in [-0.05, 0) is 51.3 Å². The van der Waals surface area contributed by atoms with Crippen molar-refractivity contribution in [3.63, 3.8) is 0 Å². The van der Waals surface area contributed by atoms with Gasteiger partial charge in [0.15, 0.2) is 0 Å². The Bertz CT molecular complexity index is 863. The van der Waals surface area contributed by atoms with Gasteiger partial charge in [-0.3, -0.25) is 9.69 Å². The Balaban J connectivity index is 1.53. The molecular formula is C22H30N4O2. The number of aromatic nitrogens is 2. The van der Waals surface area contributed by atoms with Crippen LogP contribution in [0.2, 0.25) is 0 Å². The monoisotopic (exact) mass is 382 g/mol. The molecule has 0 radical (unpaired) electrons. The number of rotatable bonds is 4. The number of hydrogen-bond acceptors (Lipinski definition) is 5. The van der Waals surface area contributed by atoms with Crippen molar-refractivity contribution in [1.29, 1.82) is 0 Å². The molecule has 150 valence electrons. The highest BCUT2D eigenvalue weighted by molar-refractivity contribution is 5.97. The number of piperazine rings is 1. The van der Waals surface area contributed by atoms with Crippen molar-refractivity contribution in [2.24, 2.45) is 0 Å². The zero-order valence-corrected chi connectivity index (χ0v) is 16.9. The summed E-state index contributed by atoms with van der Waals surface area (Å²) in [7, 11) is 0. The van der Waals surface area contributed by atoms with Crippen LogP contribution in [0.5, 0.6) is 0 Å². The van der Waals surface area contributed by atoms with E-state index in [0.29, 0.717) is 18.2 Å². The van der Waals surface area contributed by atoms with Gasteiger partial charge >= 0.3 is 0 Å². The fourth-order valence-electron chi connectivity index (χ4n) is 4.72. The maximum atomic E-state index is 13.2. The normalized spacial score (nSPS) is 21.5. The van der Waals surface area contributed by atoms with E-state index in [4.69, 9.17) is 0 Å². The molecule has 1 aliphatic carbocycles. The van der Waals surface area contributed by atoms with Gasteiger partial charge in [-0.1, -0.05) is 12.8 Å². The summed E-state index contributed by atoms with van der Waals surface area (Å²) in [6, 6.07) is 6.48. The van der Waals surface area contributed by atoms with Gasteiger partial charge < -0.3 is 10.0 Å². The first-order chi connectivity index (χ1) is 13.6. The van der Waals surface area contributed by atoms with E-state index in [1.807, 2.05) is 36.9 Å². The number of nitrogens with zero attached hydrogens (tertiary/aromatic N) is 4. The van der Waals surface area contributed by atoms with Gasteiger partial charge in [-0.25, -0.2) is 9.97 Å². The summed E-state index contributed by atoms with van der Waals surface area (Å²) in [5.74, 6) is 0.0518. The number of aliphatic hydroxyl groups excluding tert-OH is 1. The number of hydrogen-bond donors (Lipinski definition) is 1. The number of aliphatic hydroxyl groups is 1. The number of amides is 1. The topological polar surface area (TPSA) is 69.6 Å². The quantitative estimate of drug-likeness (QED) is 0.880. The van der Waals surface area contributed by atoms with Gasteiger partial charge in [-0.2, -0.15) is 0 Å². The molecule has 2 fully saturated rings. The first-order valence-electron chi connectivity index (χ1n) is 10.5. The van der Waals surface area contributed by atoms with E-state index in [9.17, 15) is 9.90 Å². The average molecular weight is 383 g/mol. The number of fused-ring (bicyclic) bond motifs is 1. The van der Waals surface area contributed by atoms with Crippen molar-refractivity contribution >= 4 is 16.9 Å². The third kappa shape index (κ3) is 3.76. The van der Waals surface area contributed by atoms with E-state index < -0.39 is 0 Å². The van der Waals surface area contributed by atoms with E-state index in [1.165, 1.54) is 25.7 Å². The molecular weight excluding hydrogens is 352 g/mol. The van der Waals surface area contributed by atoms with Crippen LogP contribution in [-0.2, 0) is 0 Å². The zero-order chi connectivity index (χ0) is 19.7. The Morgan fingerprint density at radius 2 is 1.82 bits per heavy atom. The van der Waals surface area contributed by atoms with Gasteiger partial charge in [0.25, 0.3) is 5.91 Å². The molecule has 1 saturated carbocycles. The molecule has 4 rings (SSSR count). The number of carbonyl (C=O) groups is 1. The molecule has 2 aromatic rings. The largest absolute Gasteiger partial charge is 0.396 e. The molecule has 6 heteroatoms. The van der Waals surface area contributed by atoms with E-state index >= 15 is 0 Å². The van der Waals surface area contributed by atoms with Crippen LogP contribution < -0.4 is 0 Å². The molecule has 1 saturated heterocycles. The van der Waals surface area contributed by atoms with Crippen LogP contribution in [0.3, 0.4) is 0 Å². The maximum Gasteiger partial charge on any atom is 0.254 e. The van der Waals surface area contributed by atoms with Gasteiger partial charge in [0.05, 0.1) is 22.4 Å². The standard InChI is InChI=1S/C22H30N4O2/c1-15-16(2)24-21-13-17(7-8-20(21)23-15)22(28)25-10-11-26(18-5-3-4-6-18)19(14-25)9-12-27/h7-8,13,18-19,27H,3-6,9-12,14H2,1-2H3/t19-/m1/s1. The molecule has 1 aromatic carbocycles. The summed E-state index contributed by atoms with van der Waals surface area (Å²) < 4.78 is 0. The minimum Gasteiger partial charge on any atom is -0.396 e. The van der Waals surface area contributed by atoms with Crippen LogP contribution in [0.25, 0.3) is 11.0 Å². The molecule has 1 aromatic heterocycles. The number of aryl methyl sites for hydroxylation is 2. The van der Waals surface area contributed by atoms with Crippen molar-refractivity contribution < 1.29 is 9.90 Å². The van der Waals surface area contributed by atoms with Crippen molar-refractivity contribution in [1.82, 2.24) is 19.8 Å². The van der Waals surface area contributed by atoms with E-state index in [2.05, 4.69) is 14.9 Å². The molecule has 1 N–H and O–H groups in total. The summed E-state index contributed by atoms with van der Waals surface area (Å²) in [5.41, 5.74) is 4.07. The summed E-state index contributed by atoms with van der Waals surface area (Å²) in [5, 5.41) is 9.54. The summed E-state index contributed by atoms with van der Waals surface area (Å²) in [4.78, 5) is 26.8. The predicted molar refractivity (Wildman–Crippen MR) is 109 cm³/mol. The molecule has 0 bridgehead atoms. The first-order valence-corrected chi connectivity index (χ1v) is 10.5. The van der Waals surface area contributed by atoms with E-state index in [0.717, 1.165) is 41.9 Å². The second-order valence-electron chi connectivity index (χ2n) is 8.19. The van der Waals surface area contributed by atoms with Gasteiger partial charge in [0.1, 0.15) is 0 Å². The Morgan fingerprint density at radius 3 is 2.54 bits per heavy atom. The highest BCUT2D eigenvalue weighted by atomic mass is 16.3.